The third-order valence-corrected chi connectivity index (χ3v) is 3.54. The van der Waals surface area contributed by atoms with Crippen molar-refractivity contribution >= 4 is 16.7 Å². The number of nitriles is 1. The molecule has 1 N–H and O–H groups in total. The monoisotopic (exact) mass is 268 g/mol. The number of hydrogen-bond acceptors (Lipinski definition) is 5. The Labute approximate surface area is 117 Å². The number of methoxy groups -OCH3 is 1. The van der Waals surface area contributed by atoms with Gasteiger partial charge in [-0.3, -0.25) is 0 Å². The van der Waals surface area contributed by atoms with Crippen LogP contribution in [0.1, 0.15) is 5.56 Å². The molecule has 1 aromatic heterocycles. The Kier molecular flexibility index (Phi) is 3.40. The normalized spacial score (nSPS) is 15.1. The molecule has 5 heteroatoms. The molecule has 1 aromatic carbocycles. The molecule has 1 aliphatic rings. The zero-order valence-electron chi connectivity index (χ0n) is 11.4. The lowest BCUT2D eigenvalue weighted by atomic mass is 10.1. The van der Waals surface area contributed by atoms with E-state index in [4.69, 9.17) is 4.74 Å². The van der Waals surface area contributed by atoms with Crippen LogP contribution in [0.2, 0.25) is 0 Å². The Morgan fingerprint density at radius 2 is 2.10 bits per heavy atom. The highest BCUT2D eigenvalue weighted by Gasteiger charge is 2.16. The largest absolute Gasteiger partial charge is 0.497 e. The van der Waals surface area contributed by atoms with E-state index in [9.17, 15) is 5.26 Å². The number of rotatable bonds is 2. The number of pyridine rings is 1. The summed E-state index contributed by atoms with van der Waals surface area (Å²) in [5.74, 6) is 1.55. The molecule has 0 aliphatic carbocycles. The molecule has 0 amide bonds. The van der Waals surface area contributed by atoms with Crippen molar-refractivity contribution in [1.29, 1.82) is 5.26 Å². The number of piperazine rings is 1. The van der Waals surface area contributed by atoms with Crippen LogP contribution in [0.3, 0.4) is 0 Å². The molecule has 1 fully saturated rings. The van der Waals surface area contributed by atoms with Gasteiger partial charge in [0.05, 0.1) is 18.2 Å². The van der Waals surface area contributed by atoms with Crippen molar-refractivity contribution in [2.24, 2.45) is 0 Å². The average molecular weight is 268 g/mol. The van der Waals surface area contributed by atoms with E-state index in [0.29, 0.717) is 5.56 Å². The Bertz CT molecular complexity index is 671. The molecular weight excluding hydrogens is 252 g/mol. The summed E-state index contributed by atoms with van der Waals surface area (Å²) in [7, 11) is 1.64. The fourth-order valence-electron chi connectivity index (χ4n) is 2.46. The van der Waals surface area contributed by atoms with Crippen molar-refractivity contribution in [3.05, 3.63) is 29.8 Å². The first-order valence-corrected chi connectivity index (χ1v) is 6.66. The SMILES string of the molecule is COc1ccc2cc(C#N)c(N3CCNCC3)nc2c1. The zero-order chi connectivity index (χ0) is 13.9. The Morgan fingerprint density at radius 3 is 2.80 bits per heavy atom. The molecule has 0 radical (unpaired) electrons. The molecule has 20 heavy (non-hydrogen) atoms. The number of nitrogens with zero attached hydrogens (tertiary/aromatic N) is 3. The van der Waals surface area contributed by atoms with E-state index in [2.05, 4.69) is 21.3 Å². The highest BCUT2D eigenvalue weighted by Crippen LogP contribution is 2.26. The van der Waals surface area contributed by atoms with E-state index in [-0.39, 0.29) is 0 Å². The van der Waals surface area contributed by atoms with Crippen molar-refractivity contribution in [3.63, 3.8) is 0 Å². The average Bonchev–Trinajstić information content (AvgIpc) is 2.53. The quantitative estimate of drug-likeness (QED) is 0.895. The summed E-state index contributed by atoms with van der Waals surface area (Å²) in [6, 6.07) is 9.88. The summed E-state index contributed by atoms with van der Waals surface area (Å²) in [6.07, 6.45) is 0. The molecule has 0 saturated carbocycles. The smallest absolute Gasteiger partial charge is 0.147 e. The number of ether oxygens (including phenoxy) is 1. The molecule has 0 unspecified atom stereocenters. The molecule has 1 aliphatic heterocycles. The second-order valence-corrected chi connectivity index (χ2v) is 4.77. The third kappa shape index (κ3) is 2.26. The van der Waals surface area contributed by atoms with E-state index >= 15 is 0 Å². The van der Waals surface area contributed by atoms with Crippen LogP contribution in [0, 0.1) is 11.3 Å². The molecule has 0 bridgehead atoms. The second-order valence-electron chi connectivity index (χ2n) is 4.77. The van der Waals surface area contributed by atoms with Gasteiger partial charge in [-0.2, -0.15) is 5.26 Å². The summed E-state index contributed by atoms with van der Waals surface area (Å²) in [5, 5.41) is 13.6. The van der Waals surface area contributed by atoms with Crippen LogP contribution < -0.4 is 15.0 Å². The topological polar surface area (TPSA) is 61.2 Å². The number of fused-ring (bicyclic) bond motifs is 1. The number of hydrogen-bond donors (Lipinski definition) is 1. The molecule has 0 atom stereocenters. The minimum absolute atomic E-state index is 0.629. The maximum absolute atomic E-state index is 9.35. The Balaban J connectivity index is 2.11. The van der Waals surface area contributed by atoms with E-state index in [1.807, 2.05) is 24.3 Å². The summed E-state index contributed by atoms with van der Waals surface area (Å²) in [4.78, 5) is 6.83. The van der Waals surface area contributed by atoms with Gasteiger partial charge in [-0.25, -0.2) is 4.98 Å². The van der Waals surface area contributed by atoms with Crippen LogP contribution in [-0.2, 0) is 0 Å². The predicted octanol–water partition coefficient (Wildman–Crippen LogP) is 1.52. The standard InChI is InChI=1S/C15H16N4O/c1-20-13-3-2-11-8-12(10-16)15(18-14(11)9-13)19-6-4-17-5-7-19/h2-3,8-9,17H,4-7H2,1H3. The highest BCUT2D eigenvalue weighted by molar-refractivity contribution is 5.84. The van der Waals surface area contributed by atoms with Gasteiger partial charge in [-0.15, -0.1) is 0 Å². The lowest BCUT2D eigenvalue weighted by molar-refractivity contribution is 0.415. The lowest BCUT2D eigenvalue weighted by Crippen LogP contribution is -2.44. The van der Waals surface area contributed by atoms with Crippen molar-refractivity contribution in [1.82, 2.24) is 10.3 Å². The van der Waals surface area contributed by atoms with Gasteiger partial charge in [0.1, 0.15) is 17.6 Å². The second kappa shape index (κ2) is 5.35. The molecule has 3 rings (SSSR count). The van der Waals surface area contributed by atoms with Crippen LogP contribution in [0.25, 0.3) is 10.9 Å². The fourth-order valence-corrected chi connectivity index (χ4v) is 2.46. The minimum Gasteiger partial charge on any atom is -0.497 e. The van der Waals surface area contributed by atoms with Gasteiger partial charge < -0.3 is 15.0 Å². The number of nitrogens with one attached hydrogen (secondary N) is 1. The fraction of sp³-hybridized carbons (Fsp3) is 0.333. The molecule has 1 saturated heterocycles. The van der Waals surface area contributed by atoms with Crippen molar-refractivity contribution < 1.29 is 4.74 Å². The number of anilines is 1. The van der Waals surface area contributed by atoms with E-state index in [1.54, 1.807) is 7.11 Å². The van der Waals surface area contributed by atoms with Gasteiger partial charge in [-0.05, 0) is 18.2 Å². The maximum atomic E-state index is 9.35. The van der Waals surface area contributed by atoms with Gasteiger partial charge in [-0.1, -0.05) is 0 Å². The minimum atomic E-state index is 0.629. The van der Waals surface area contributed by atoms with Gasteiger partial charge in [0.15, 0.2) is 0 Å². The van der Waals surface area contributed by atoms with Crippen LogP contribution in [0.5, 0.6) is 5.75 Å². The van der Waals surface area contributed by atoms with Crippen LogP contribution >= 0.6 is 0 Å². The molecule has 2 heterocycles. The van der Waals surface area contributed by atoms with E-state index in [1.165, 1.54) is 0 Å². The predicted molar refractivity (Wildman–Crippen MR) is 78.1 cm³/mol. The van der Waals surface area contributed by atoms with Gasteiger partial charge >= 0.3 is 0 Å². The van der Waals surface area contributed by atoms with E-state index in [0.717, 1.165) is 48.6 Å². The van der Waals surface area contributed by atoms with Gasteiger partial charge in [0.2, 0.25) is 0 Å². The number of aromatic nitrogens is 1. The zero-order valence-corrected chi connectivity index (χ0v) is 11.4. The van der Waals surface area contributed by atoms with Crippen molar-refractivity contribution in [2.75, 3.05) is 38.2 Å². The maximum Gasteiger partial charge on any atom is 0.147 e. The summed E-state index contributed by atoms with van der Waals surface area (Å²) in [6.45, 7) is 3.58. The van der Waals surface area contributed by atoms with Crippen LogP contribution in [0.15, 0.2) is 24.3 Å². The molecule has 0 spiro atoms. The molecule has 5 nitrogen and oxygen atoms in total. The first-order valence-electron chi connectivity index (χ1n) is 6.66. The first kappa shape index (κ1) is 12.7. The Hall–Kier alpha value is -2.32. The molecule has 2 aromatic rings. The van der Waals surface area contributed by atoms with Crippen LogP contribution in [0.4, 0.5) is 5.82 Å². The third-order valence-electron chi connectivity index (χ3n) is 3.54. The Morgan fingerprint density at radius 1 is 1.30 bits per heavy atom. The van der Waals surface area contributed by atoms with Gasteiger partial charge in [0.25, 0.3) is 0 Å². The van der Waals surface area contributed by atoms with E-state index < -0.39 is 0 Å². The van der Waals surface area contributed by atoms with Gasteiger partial charge in [0, 0.05) is 37.6 Å². The summed E-state index contributed by atoms with van der Waals surface area (Å²) < 4.78 is 5.24. The summed E-state index contributed by atoms with van der Waals surface area (Å²) >= 11 is 0. The van der Waals surface area contributed by atoms with Crippen molar-refractivity contribution in [3.8, 4) is 11.8 Å². The number of benzene rings is 1. The first-order chi connectivity index (χ1) is 9.81. The lowest BCUT2D eigenvalue weighted by Gasteiger charge is -2.29. The molecule has 102 valence electrons. The van der Waals surface area contributed by atoms with Crippen molar-refractivity contribution in [2.45, 2.75) is 0 Å². The van der Waals surface area contributed by atoms with Crippen LogP contribution in [-0.4, -0.2) is 38.3 Å². The summed E-state index contributed by atoms with van der Waals surface area (Å²) in [5.41, 5.74) is 1.49. The molecular formula is C15H16N4O. The highest BCUT2D eigenvalue weighted by atomic mass is 16.5.